The second-order valence-corrected chi connectivity index (χ2v) is 4.87. The van der Waals surface area contributed by atoms with Gasteiger partial charge in [-0.15, -0.1) is 5.10 Å². The fraction of sp³-hybridized carbons (Fsp3) is 0.700. The van der Waals surface area contributed by atoms with Crippen LogP contribution in [0.2, 0.25) is 0 Å². The predicted octanol–water partition coefficient (Wildman–Crippen LogP) is 0.625. The summed E-state index contributed by atoms with van der Waals surface area (Å²) in [4.78, 5) is 11.0. The molecule has 6 nitrogen and oxygen atoms in total. The zero-order valence-electron chi connectivity index (χ0n) is 9.34. The van der Waals surface area contributed by atoms with E-state index in [0.717, 1.165) is 12.8 Å². The average molecular weight is 225 g/mol. The van der Waals surface area contributed by atoms with Crippen LogP contribution in [0, 0.1) is 0 Å². The van der Waals surface area contributed by atoms with E-state index < -0.39 is 11.6 Å². The number of nitrogens with zero attached hydrogens (tertiary/aromatic N) is 3. The topological polar surface area (TPSA) is 88.2 Å². The van der Waals surface area contributed by atoms with Crippen LogP contribution in [0.25, 0.3) is 0 Å². The van der Waals surface area contributed by atoms with Gasteiger partial charge in [-0.05, 0) is 26.7 Å². The minimum atomic E-state index is -1.05. The van der Waals surface area contributed by atoms with Crippen LogP contribution in [0.1, 0.15) is 48.8 Å². The van der Waals surface area contributed by atoms with Crippen LogP contribution in [0.15, 0.2) is 0 Å². The third kappa shape index (κ3) is 2.21. The highest BCUT2D eigenvalue weighted by atomic mass is 16.4. The van der Waals surface area contributed by atoms with E-state index in [0.29, 0.717) is 5.69 Å². The first-order valence-electron chi connectivity index (χ1n) is 5.27. The van der Waals surface area contributed by atoms with Crippen LogP contribution in [0.5, 0.6) is 0 Å². The van der Waals surface area contributed by atoms with Gasteiger partial charge in [0.25, 0.3) is 0 Å². The van der Waals surface area contributed by atoms with Crippen molar-refractivity contribution in [1.29, 1.82) is 0 Å². The minimum absolute atomic E-state index is 0.0201. The van der Waals surface area contributed by atoms with Gasteiger partial charge in [-0.2, -0.15) is 0 Å². The monoisotopic (exact) mass is 225 g/mol. The van der Waals surface area contributed by atoms with Crippen molar-refractivity contribution in [3.63, 3.8) is 0 Å². The van der Waals surface area contributed by atoms with Crippen molar-refractivity contribution in [2.75, 3.05) is 0 Å². The first-order chi connectivity index (χ1) is 7.38. The summed E-state index contributed by atoms with van der Waals surface area (Å²) in [5.74, 6) is -0.813. The number of hydrogen-bond acceptors (Lipinski definition) is 4. The molecule has 1 fully saturated rings. The van der Waals surface area contributed by atoms with Gasteiger partial charge in [0.05, 0.1) is 17.8 Å². The molecule has 1 aliphatic rings. The van der Waals surface area contributed by atoms with Gasteiger partial charge in [-0.1, -0.05) is 5.21 Å². The summed E-state index contributed by atoms with van der Waals surface area (Å²) in [6, 6.07) is 0. The smallest absolute Gasteiger partial charge is 0.358 e. The van der Waals surface area contributed by atoms with Gasteiger partial charge in [0, 0.05) is 5.92 Å². The maximum absolute atomic E-state index is 11.0. The summed E-state index contributed by atoms with van der Waals surface area (Å²) >= 11 is 0. The van der Waals surface area contributed by atoms with Crippen molar-refractivity contribution in [2.24, 2.45) is 0 Å². The van der Waals surface area contributed by atoms with Crippen molar-refractivity contribution < 1.29 is 15.0 Å². The van der Waals surface area contributed by atoms with Gasteiger partial charge in [0.1, 0.15) is 0 Å². The molecule has 0 atom stereocenters. The standard InChI is InChI=1S/C10H15N3O3/c1-10(2,16)5-13-8(6-3-4-6)7(9(14)15)11-12-13/h6,16H,3-5H2,1-2H3,(H,14,15). The van der Waals surface area contributed by atoms with Crippen LogP contribution in [-0.4, -0.2) is 36.8 Å². The number of carboxylic acid groups (broad SMARTS) is 1. The molecule has 6 heteroatoms. The zero-order chi connectivity index (χ0) is 11.9. The second-order valence-electron chi connectivity index (χ2n) is 4.87. The highest BCUT2D eigenvalue weighted by Crippen LogP contribution is 2.41. The first kappa shape index (κ1) is 11.1. The Morgan fingerprint density at radius 3 is 2.62 bits per heavy atom. The SMILES string of the molecule is CC(C)(O)Cn1nnc(C(=O)O)c1C1CC1. The second kappa shape index (κ2) is 3.55. The molecule has 0 bridgehead atoms. The van der Waals surface area contributed by atoms with E-state index >= 15 is 0 Å². The number of carboxylic acids is 1. The largest absolute Gasteiger partial charge is 0.476 e. The van der Waals surface area contributed by atoms with E-state index in [1.807, 2.05) is 0 Å². The first-order valence-corrected chi connectivity index (χ1v) is 5.27. The van der Waals surface area contributed by atoms with E-state index in [4.69, 9.17) is 5.11 Å². The molecule has 1 aromatic heterocycles. The lowest BCUT2D eigenvalue weighted by molar-refractivity contribution is 0.0559. The Kier molecular flexibility index (Phi) is 2.46. The van der Waals surface area contributed by atoms with Gasteiger partial charge in [0.2, 0.25) is 0 Å². The molecule has 88 valence electrons. The van der Waals surface area contributed by atoms with E-state index in [1.54, 1.807) is 13.8 Å². The normalized spacial score (nSPS) is 16.4. The molecule has 0 unspecified atom stereocenters. The Morgan fingerprint density at radius 1 is 1.56 bits per heavy atom. The molecule has 0 saturated heterocycles. The quantitative estimate of drug-likeness (QED) is 0.784. The fourth-order valence-electron chi connectivity index (χ4n) is 1.72. The van der Waals surface area contributed by atoms with Gasteiger partial charge in [0.15, 0.2) is 5.69 Å². The Balaban J connectivity index is 2.34. The fourth-order valence-corrected chi connectivity index (χ4v) is 1.72. The van der Waals surface area contributed by atoms with Crippen LogP contribution < -0.4 is 0 Å². The summed E-state index contributed by atoms with van der Waals surface area (Å²) in [7, 11) is 0. The number of hydrogen-bond donors (Lipinski definition) is 2. The highest BCUT2D eigenvalue weighted by Gasteiger charge is 2.34. The number of aliphatic hydroxyl groups is 1. The van der Waals surface area contributed by atoms with Crippen molar-refractivity contribution in [3.05, 3.63) is 11.4 Å². The molecule has 16 heavy (non-hydrogen) atoms. The van der Waals surface area contributed by atoms with E-state index in [1.165, 1.54) is 4.68 Å². The van der Waals surface area contributed by atoms with E-state index in [9.17, 15) is 9.90 Å². The van der Waals surface area contributed by atoms with Crippen LogP contribution in [0.4, 0.5) is 0 Å². The highest BCUT2D eigenvalue weighted by molar-refractivity contribution is 5.86. The van der Waals surface area contributed by atoms with Crippen molar-refractivity contribution in [1.82, 2.24) is 15.0 Å². The Hall–Kier alpha value is -1.43. The van der Waals surface area contributed by atoms with Gasteiger partial charge in [-0.3, -0.25) is 0 Å². The van der Waals surface area contributed by atoms with Crippen LogP contribution in [-0.2, 0) is 6.54 Å². The summed E-state index contributed by atoms with van der Waals surface area (Å²) in [5.41, 5.74) is -0.256. The Bertz CT molecular complexity index is 415. The number of aromatic nitrogens is 3. The summed E-state index contributed by atoms with van der Waals surface area (Å²) in [5, 5.41) is 26.2. The van der Waals surface area contributed by atoms with Crippen LogP contribution in [0.3, 0.4) is 0 Å². The molecule has 1 heterocycles. The maximum atomic E-state index is 11.0. The molecule has 0 aromatic carbocycles. The number of rotatable bonds is 4. The van der Waals surface area contributed by atoms with Crippen LogP contribution >= 0.6 is 0 Å². The molecule has 0 radical (unpaired) electrons. The molecular weight excluding hydrogens is 210 g/mol. The summed E-state index contributed by atoms with van der Waals surface area (Å²) < 4.78 is 1.52. The molecular formula is C10H15N3O3. The third-order valence-electron chi connectivity index (χ3n) is 2.48. The van der Waals surface area contributed by atoms with Crippen molar-refractivity contribution in [2.45, 2.75) is 44.8 Å². The molecule has 1 saturated carbocycles. The molecule has 0 aliphatic heterocycles. The predicted molar refractivity (Wildman–Crippen MR) is 55.3 cm³/mol. The molecule has 2 rings (SSSR count). The molecule has 1 aliphatic carbocycles. The van der Waals surface area contributed by atoms with E-state index in [-0.39, 0.29) is 18.2 Å². The molecule has 1 aromatic rings. The lowest BCUT2D eigenvalue weighted by atomic mass is 10.1. The number of aromatic carboxylic acids is 1. The van der Waals surface area contributed by atoms with Gasteiger partial charge >= 0.3 is 5.97 Å². The minimum Gasteiger partial charge on any atom is -0.476 e. The summed E-state index contributed by atoms with van der Waals surface area (Å²) in [6.45, 7) is 3.58. The van der Waals surface area contributed by atoms with Gasteiger partial charge < -0.3 is 10.2 Å². The Morgan fingerprint density at radius 2 is 2.19 bits per heavy atom. The third-order valence-corrected chi connectivity index (χ3v) is 2.48. The molecule has 0 amide bonds. The molecule has 2 N–H and O–H groups in total. The van der Waals surface area contributed by atoms with Gasteiger partial charge in [-0.25, -0.2) is 9.48 Å². The van der Waals surface area contributed by atoms with E-state index in [2.05, 4.69) is 10.3 Å². The summed E-state index contributed by atoms with van der Waals surface area (Å²) in [6.07, 6.45) is 1.94. The average Bonchev–Trinajstić information content (AvgIpc) is 2.86. The Labute approximate surface area is 92.9 Å². The van der Waals surface area contributed by atoms with Crippen molar-refractivity contribution >= 4 is 5.97 Å². The lowest BCUT2D eigenvalue weighted by Crippen LogP contribution is -2.28. The number of carbonyl (C=O) groups is 1. The lowest BCUT2D eigenvalue weighted by Gasteiger charge is -2.17. The van der Waals surface area contributed by atoms with Crippen molar-refractivity contribution in [3.8, 4) is 0 Å². The maximum Gasteiger partial charge on any atom is 0.358 e. The molecule has 0 spiro atoms. The zero-order valence-corrected chi connectivity index (χ0v) is 9.34.